The molecule has 27 heavy (non-hydrogen) atoms. The Labute approximate surface area is 158 Å². The van der Waals surface area contributed by atoms with Gasteiger partial charge in [0.2, 0.25) is 5.91 Å². The summed E-state index contributed by atoms with van der Waals surface area (Å²) in [5, 5.41) is 4.23. The first-order valence-corrected chi connectivity index (χ1v) is 9.38. The van der Waals surface area contributed by atoms with Crippen LogP contribution in [0.3, 0.4) is 0 Å². The van der Waals surface area contributed by atoms with Crippen molar-refractivity contribution in [3.8, 4) is 0 Å². The number of para-hydroxylation sites is 1. The fourth-order valence-corrected chi connectivity index (χ4v) is 3.66. The Hall–Kier alpha value is -3.08. The summed E-state index contributed by atoms with van der Waals surface area (Å²) in [4.78, 5) is 26.8. The van der Waals surface area contributed by atoms with Gasteiger partial charge in [-0.05, 0) is 42.5 Å². The van der Waals surface area contributed by atoms with Gasteiger partial charge in [0.05, 0.1) is 0 Å². The van der Waals surface area contributed by atoms with Gasteiger partial charge in [0.1, 0.15) is 6.54 Å². The van der Waals surface area contributed by atoms with Gasteiger partial charge in [0.15, 0.2) is 0 Å². The van der Waals surface area contributed by atoms with E-state index < -0.39 is 0 Å². The van der Waals surface area contributed by atoms with E-state index in [1.54, 1.807) is 0 Å². The zero-order chi connectivity index (χ0) is 18.6. The summed E-state index contributed by atoms with van der Waals surface area (Å²) in [7, 11) is 0. The van der Waals surface area contributed by atoms with E-state index in [2.05, 4.69) is 11.4 Å². The first-order chi connectivity index (χ1) is 13.2. The largest absolute Gasteiger partial charge is 0.349 e. The van der Waals surface area contributed by atoms with E-state index in [0.717, 1.165) is 23.7 Å². The minimum absolute atomic E-state index is 0.0424. The summed E-state index contributed by atoms with van der Waals surface area (Å²) >= 11 is 0. The number of fused-ring (bicyclic) bond motifs is 1. The second-order valence-corrected chi connectivity index (χ2v) is 7.00. The van der Waals surface area contributed by atoms with E-state index in [0.29, 0.717) is 25.2 Å². The SMILES string of the molecule is O=C(NC1CCN(C(=O)Cn2ccc3ccccc32)CC1)c1ccccc1. The number of amides is 2. The lowest BCUT2D eigenvalue weighted by molar-refractivity contribution is -0.132. The number of likely N-dealkylation sites (tertiary alicyclic amines) is 1. The first kappa shape index (κ1) is 17.3. The van der Waals surface area contributed by atoms with E-state index >= 15 is 0 Å². The predicted octanol–water partition coefficient (Wildman–Crippen LogP) is 3.06. The molecule has 1 aliphatic rings. The van der Waals surface area contributed by atoms with Crippen LogP contribution >= 0.6 is 0 Å². The van der Waals surface area contributed by atoms with Crippen LogP contribution in [0.4, 0.5) is 0 Å². The molecule has 1 aliphatic heterocycles. The second-order valence-electron chi connectivity index (χ2n) is 7.00. The zero-order valence-electron chi connectivity index (χ0n) is 15.2. The molecule has 0 bridgehead atoms. The highest BCUT2D eigenvalue weighted by Crippen LogP contribution is 2.17. The Bertz CT molecular complexity index is 940. The third-order valence-electron chi connectivity index (χ3n) is 5.20. The van der Waals surface area contributed by atoms with Crippen molar-refractivity contribution in [2.75, 3.05) is 13.1 Å². The van der Waals surface area contributed by atoms with Gasteiger partial charge in [0, 0.05) is 36.4 Å². The molecule has 0 aliphatic carbocycles. The molecule has 4 rings (SSSR count). The molecule has 3 aromatic rings. The molecule has 0 atom stereocenters. The summed E-state index contributed by atoms with van der Waals surface area (Å²) in [6, 6.07) is 19.5. The second kappa shape index (κ2) is 7.66. The fraction of sp³-hybridized carbons (Fsp3) is 0.273. The monoisotopic (exact) mass is 361 g/mol. The van der Waals surface area contributed by atoms with Crippen molar-refractivity contribution in [2.24, 2.45) is 0 Å². The quantitative estimate of drug-likeness (QED) is 0.776. The summed E-state index contributed by atoms with van der Waals surface area (Å²) in [5.41, 5.74) is 1.76. The molecule has 5 heteroatoms. The van der Waals surface area contributed by atoms with E-state index in [1.807, 2.05) is 70.3 Å². The number of aromatic nitrogens is 1. The van der Waals surface area contributed by atoms with Crippen molar-refractivity contribution in [2.45, 2.75) is 25.4 Å². The maximum absolute atomic E-state index is 12.7. The van der Waals surface area contributed by atoms with Crippen LogP contribution in [0, 0.1) is 0 Å². The molecule has 2 amide bonds. The number of hydrogen-bond acceptors (Lipinski definition) is 2. The van der Waals surface area contributed by atoms with Crippen LogP contribution in [0.5, 0.6) is 0 Å². The van der Waals surface area contributed by atoms with Crippen molar-refractivity contribution in [3.63, 3.8) is 0 Å². The zero-order valence-corrected chi connectivity index (χ0v) is 15.2. The average molecular weight is 361 g/mol. The van der Waals surface area contributed by atoms with Gasteiger partial charge < -0.3 is 14.8 Å². The van der Waals surface area contributed by atoms with Crippen LogP contribution in [0.25, 0.3) is 10.9 Å². The maximum Gasteiger partial charge on any atom is 0.251 e. The van der Waals surface area contributed by atoms with Gasteiger partial charge in [-0.1, -0.05) is 36.4 Å². The molecule has 1 saturated heterocycles. The smallest absolute Gasteiger partial charge is 0.251 e. The number of nitrogens with one attached hydrogen (secondary N) is 1. The Kier molecular flexibility index (Phi) is 4.92. The summed E-state index contributed by atoms with van der Waals surface area (Å²) in [6.07, 6.45) is 3.54. The minimum atomic E-state index is -0.0424. The van der Waals surface area contributed by atoms with Crippen molar-refractivity contribution in [1.82, 2.24) is 14.8 Å². The summed E-state index contributed by atoms with van der Waals surface area (Å²) in [6.45, 7) is 1.71. The normalized spacial score (nSPS) is 15.0. The molecule has 1 N–H and O–H groups in total. The lowest BCUT2D eigenvalue weighted by Gasteiger charge is -2.32. The molecule has 138 valence electrons. The van der Waals surface area contributed by atoms with Crippen LogP contribution in [0.15, 0.2) is 66.9 Å². The third kappa shape index (κ3) is 3.87. The van der Waals surface area contributed by atoms with Crippen molar-refractivity contribution < 1.29 is 9.59 Å². The first-order valence-electron chi connectivity index (χ1n) is 9.38. The number of rotatable bonds is 4. The molecule has 0 unspecified atom stereocenters. The predicted molar refractivity (Wildman–Crippen MR) is 105 cm³/mol. The number of hydrogen-bond donors (Lipinski definition) is 1. The third-order valence-corrected chi connectivity index (χ3v) is 5.20. The maximum atomic E-state index is 12.7. The number of carbonyl (C=O) groups excluding carboxylic acids is 2. The topological polar surface area (TPSA) is 54.3 Å². The van der Waals surface area contributed by atoms with Crippen molar-refractivity contribution in [1.29, 1.82) is 0 Å². The Morgan fingerprint density at radius 1 is 0.926 bits per heavy atom. The highest BCUT2D eigenvalue weighted by Gasteiger charge is 2.24. The van der Waals surface area contributed by atoms with Crippen LogP contribution in [0.1, 0.15) is 23.2 Å². The summed E-state index contributed by atoms with van der Waals surface area (Å²) in [5.74, 6) is 0.0865. The molecular formula is C22H23N3O2. The minimum Gasteiger partial charge on any atom is -0.349 e. The Morgan fingerprint density at radius 3 is 2.41 bits per heavy atom. The molecule has 0 saturated carbocycles. The summed E-state index contributed by atoms with van der Waals surface area (Å²) < 4.78 is 2.00. The van der Waals surface area contributed by atoms with Crippen LogP contribution in [-0.4, -0.2) is 40.4 Å². The van der Waals surface area contributed by atoms with E-state index in [1.165, 1.54) is 0 Å². The highest BCUT2D eigenvalue weighted by molar-refractivity contribution is 5.94. The number of piperidine rings is 1. The van der Waals surface area contributed by atoms with Crippen LogP contribution in [-0.2, 0) is 11.3 Å². The molecule has 2 heterocycles. The molecule has 1 fully saturated rings. The van der Waals surface area contributed by atoms with E-state index in [4.69, 9.17) is 0 Å². The number of benzene rings is 2. The average Bonchev–Trinajstić information content (AvgIpc) is 3.12. The fourth-order valence-electron chi connectivity index (χ4n) is 3.66. The highest BCUT2D eigenvalue weighted by atomic mass is 16.2. The Morgan fingerprint density at radius 2 is 1.63 bits per heavy atom. The molecule has 0 spiro atoms. The van der Waals surface area contributed by atoms with Crippen LogP contribution < -0.4 is 5.32 Å². The standard InChI is InChI=1S/C22H23N3O2/c26-21(16-25-13-10-17-6-4-5-9-20(17)25)24-14-11-19(12-15-24)23-22(27)18-7-2-1-3-8-18/h1-10,13,19H,11-12,14-16H2,(H,23,27). The van der Waals surface area contributed by atoms with Gasteiger partial charge in [-0.3, -0.25) is 9.59 Å². The van der Waals surface area contributed by atoms with Gasteiger partial charge in [-0.15, -0.1) is 0 Å². The molecule has 0 radical (unpaired) electrons. The molecular weight excluding hydrogens is 338 g/mol. The molecule has 1 aromatic heterocycles. The van der Waals surface area contributed by atoms with Crippen molar-refractivity contribution in [3.05, 3.63) is 72.4 Å². The molecule has 2 aromatic carbocycles. The lowest BCUT2D eigenvalue weighted by Crippen LogP contribution is -2.47. The van der Waals surface area contributed by atoms with Gasteiger partial charge in [-0.2, -0.15) is 0 Å². The van der Waals surface area contributed by atoms with Gasteiger partial charge in [-0.25, -0.2) is 0 Å². The van der Waals surface area contributed by atoms with Gasteiger partial charge >= 0.3 is 0 Å². The number of nitrogens with zero attached hydrogens (tertiary/aromatic N) is 2. The molecule has 5 nitrogen and oxygen atoms in total. The van der Waals surface area contributed by atoms with E-state index in [9.17, 15) is 9.59 Å². The van der Waals surface area contributed by atoms with E-state index in [-0.39, 0.29) is 17.9 Å². The Balaban J connectivity index is 1.31. The van der Waals surface area contributed by atoms with Gasteiger partial charge in [0.25, 0.3) is 5.91 Å². The van der Waals surface area contributed by atoms with Crippen molar-refractivity contribution >= 4 is 22.7 Å². The number of carbonyl (C=O) groups is 2. The van der Waals surface area contributed by atoms with Crippen LogP contribution in [0.2, 0.25) is 0 Å². The lowest BCUT2D eigenvalue weighted by atomic mass is 10.0.